The summed E-state index contributed by atoms with van der Waals surface area (Å²) in [4.78, 5) is 21.1. The van der Waals surface area contributed by atoms with Crippen molar-refractivity contribution in [3.05, 3.63) is 0 Å². The van der Waals surface area contributed by atoms with Crippen molar-refractivity contribution in [1.29, 1.82) is 0 Å². The number of nitrogens with two attached hydrogens (primary N) is 1. The van der Waals surface area contributed by atoms with Crippen molar-refractivity contribution in [1.82, 2.24) is 10.7 Å². The van der Waals surface area contributed by atoms with Gasteiger partial charge in [-0.15, -0.1) is 0 Å². The van der Waals surface area contributed by atoms with Gasteiger partial charge in [-0.2, -0.15) is 0 Å². The van der Waals surface area contributed by atoms with E-state index in [1.807, 2.05) is 5.43 Å². The summed E-state index contributed by atoms with van der Waals surface area (Å²) in [6, 6.07) is -0.961. The van der Waals surface area contributed by atoms with Gasteiger partial charge in [-0.1, -0.05) is 0 Å². The van der Waals surface area contributed by atoms with E-state index < -0.39 is 24.5 Å². The van der Waals surface area contributed by atoms with Gasteiger partial charge in [-0.3, -0.25) is 15.0 Å². The minimum absolute atomic E-state index is 0.396. The molecule has 6 nitrogen and oxygen atoms in total. The van der Waals surface area contributed by atoms with E-state index in [0.717, 1.165) is 0 Å². The zero-order valence-corrected chi connectivity index (χ0v) is 6.13. The molecule has 0 bridgehead atoms. The van der Waals surface area contributed by atoms with E-state index >= 15 is 0 Å². The van der Waals surface area contributed by atoms with Crippen molar-refractivity contribution in [3.8, 4) is 0 Å². The maximum Gasteiger partial charge on any atom is 0.258 e. The van der Waals surface area contributed by atoms with Crippen molar-refractivity contribution in [2.45, 2.75) is 13.0 Å². The number of nitrogens with one attached hydrogen (secondary N) is 2. The molecule has 2 amide bonds. The number of carbonyl (C=O) groups excluding carboxylic acids is 2. The number of hydrazine groups is 1. The van der Waals surface area contributed by atoms with Crippen LogP contribution in [0.15, 0.2) is 0 Å². The van der Waals surface area contributed by atoms with E-state index in [4.69, 9.17) is 10.9 Å². The molecule has 0 unspecified atom stereocenters. The zero-order valence-electron chi connectivity index (χ0n) is 6.13. The van der Waals surface area contributed by atoms with Gasteiger partial charge in [-0.25, -0.2) is 5.84 Å². The molecule has 0 radical (unpaired) electrons. The lowest BCUT2D eigenvalue weighted by molar-refractivity contribution is -0.129. The minimum Gasteiger partial charge on any atom is -0.394 e. The third kappa shape index (κ3) is 3.54. The maximum absolute atomic E-state index is 10.7. The molecular weight excluding hydrogens is 150 g/mol. The van der Waals surface area contributed by atoms with Gasteiger partial charge < -0.3 is 10.4 Å². The Morgan fingerprint density at radius 1 is 1.64 bits per heavy atom. The molecule has 0 rings (SSSR count). The third-order valence-electron chi connectivity index (χ3n) is 1.02. The van der Waals surface area contributed by atoms with Gasteiger partial charge in [0, 0.05) is 6.92 Å². The zero-order chi connectivity index (χ0) is 8.85. The van der Waals surface area contributed by atoms with Crippen LogP contribution >= 0.6 is 0 Å². The quantitative estimate of drug-likeness (QED) is 0.208. The molecule has 1 atom stereocenters. The number of aliphatic hydroxyl groups is 1. The van der Waals surface area contributed by atoms with Crippen LogP contribution in [0.1, 0.15) is 6.92 Å². The highest BCUT2D eigenvalue weighted by Gasteiger charge is 2.16. The van der Waals surface area contributed by atoms with Gasteiger partial charge in [0.15, 0.2) is 0 Å². The van der Waals surface area contributed by atoms with Gasteiger partial charge in [0.05, 0.1) is 6.61 Å². The molecule has 0 spiro atoms. The van der Waals surface area contributed by atoms with Crippen LogP contribution in [0.25, 0.3) is 0 Å². The predicted octanol–water partition coefficient (Wildman–Crippen LogP) is -2.53. The molecule has 6 heteroatoms. The molecular formula is C5H11N3O3. The molecule has 0 fully saturated rings. The molecule has 0 aliphatic heterocycles. The second-order valence-electron chi connectivity index (χ2n) is 1.94. The van der Waals surface area contributed by atoms with Crippen LogP contribution in [0.3, 0.4) is 0 Å². The standard InChI is InChI=1S/C5H11N3O3/c1-3(10)7-4(2-9)5(11)8-6/h4,9H,2,6H2,1H3,(H,7,10)(H,8,11)/t4-/m1/s1. The molecule has 64 valence electrons. The van der Waals surface area contributed by atoms with Crippen molar-refractivity contribution in [2.75, 3.05) is 6.61 Å². The first kappa shape index (κ1) is 9.86. The van der Waals surface area contributed by atoms with Crippen LogP contribution in [-0.2, 0) is 9.59 Å². The summed E-state index contributed by atoms with van der Waals surface area (Å²) in [5, 5.41) is 10.7. The summed E-state index contributed by atoms with van der Waals surface area (Å²) in [5.74, 6) is 3.74. The Kier molecular flexibility index (Phi) is 4.16. The number of hydrogen-bond acceptors (Lipinski definition) is 4. The van der Waals surface area contributed by atoms with Crippen LogP contribution in [0.2, 0.25) is 0 Å². The van der Waals surface area contributed by atoms with E-state index in [0.29, 0.717) is 0 Å². The van der Waals surface area contributed by atoms with Crippen molar-refractivity contribution in [2.24, 2.45) is 5.84 Å². The molecule has 0 aromatic rings. The molecule has 0 aromatic heterocycles. The average Bonchev–Trinajstić information content (AvgIpc) is 1.98. The van der Waals surface area contributed by atoms with E-state index in [2.05, 4.69) is 5.32 Å². The van der Waals surface area contributed by atoms with Gasteiger partial charge >= 0.3 is 0 Å². The van der Waals surface area contributed by atoms with Gasteiger partial charge in [-0.05, 0) is 0 Å². The minimum atomic E-state index is -0.961. The SMILES string of the molecule is CC(=O)N[C@H](CO)C(=O)NN. The Morgan fingerprint density at radius 3 is 2.45 bits per heavy atom. The van der Waals surface area contributed by atoms with Crippen molar-refractivity contribution >= 4 is 11.8 Å². The average molecular weight is 161 g/mol. The fourth-order valence-electron chi connectivity index (χ4n) is 0.540. The summed E-state index contributed by atoms with van der Waals surface area (Å²) in [5.41, 5.74) is 1.81. The van der Waals surface area contributed by atoms with E-state index in [1.165, 1.54) is 6.92 Å². The fraction of sp³-hybridized carbons (Fsp3) is 0.600. The van der Waals surface area contributed by atoms with Gasteiger partial charge in [0.1, 0.15) is 6.04 Å². The van der Waals surface area contributed by atoms with Crippen LogP contribution in [0, 0.1) is 0 Å². The largest absolute Gasteiger partial charge is 0.394 e. The Bertz CT molecular complexity index is 159. The van der Waals surface area contributed by atoms with Crippen LogP contribution in [-0.4, -0.2) is 29.6 Å². The normalized spacial score (nSPS) is 11.9. The van der Waals surface area contributed by atoms with Gasteiger partial charge in [0.25, 0.3) is 5.91 Å². The Balaban J connectivity index is 3.94. The van der Waals surface area contributed by atoms with Gasteiger partial charge in [0.2, 0.25) is 5.91 Å². The molecule has 0 aromatic carbocycles. The number of carbonyl (C=O) groups is 2. The summed E-state index contributed by atoms with van der Waals surface area (Å²) in [6.45, 7) is 0.773. The van der Waals surface area contributed by atoms with Crippen LogP contribution < -0.4 is 16.6 Å². The molecule has 11 heavy (non-hydrogen) atoms. The summed E-state index contributed by atoms with van der Waals surface area (Å²) in [6.07, 6.45) is 0. The number of hydrogen-bond donors (Lipinski definition) is 4. The molecule has 5 N–H and O–H groups in total. The number of rotatable bonds is 3. The van der Waals surface area contributed by atoms with Crippen molar-refractivity contribution < 1.29 is 14.7 Å². The molecule has 0 aliphatic carbocycles. The Hall–Kier alpha value is -1.14. The Labute approximate surface area is 63.7 Å². The third-order valence-corrected chi connectivity index (χ3v) is 1.02. The van der Waals surface area contributed by atoms with Crippen LogP contribution in [0.5, 0.6) is 0 Å². The highest BCUT2D eigenvalue weighted by atomic mass is 16.3. The second kappa shape index (κ2) is 4.64. The lowest BCUT2D eigenvalue weighted by Gasteiger charge is -2.11. The molecule has 0 saturated carbocycles. The molecule has 0 saturated heterocycles. The van der Waals surface area contributed by atoms with E-state index in [1.54, 1.807) is 0 Å². The lowest BCUT2D eigenvalue weighted by Crippen LogP contribution is -2.50. The van der Waals surface area contributed by atoms with E-state index in [9.17, 15) is 9.59 Å². The molecule has 0 heterocycles. The summed E-state index contributed by atoms with van der Waals surface area (Å²) in [7, 11) is 0. The number of aliphatic hydroxyl groups excluding tert-OH is 1. The summed E-state index contributed by atoms with van der Waals surface area (Å²) < 4.78 is 0. The first-order valence-electron chi connectivity index (χ1n) is 3.00. The number of amides is 2. The summed E-state index contributed by atoms with van der Waals surface area (Å²) >= 11 is 0. The monoisotopic (exact) mass is 161 g/mol. The molecule has 0 aliphatic rings. The highest BCUT2D eigenvalue weighted by molar-refractivity contribution is 5.86. The Morgan fingerprint density at radius 2 is 2.18 bits per heavy atom. The topological polar surface area (TPSA) is 104 Å². The second-order valence-corrected chi connectivity index (χ2v) is 1.94. The predicted molar refractivity (Wildman–Crippen MR) is 37.0 cm³/mol. The fourth-order valence-corrected chi connectivity index (χ4v) is 0.540. The smallest absolute Gasteiger partial charge is 0.258 e. The first-order chi connectivity index (χ1) is 5.11. The van der Waals surface area contributed by atoms with Crippen molar-refractivity contribution in [3.63, 3.8) is 0 Å². The first-order valence-corrected chi connectivity index (χ1v) is 3.00. The lowest BCUT2D eigenvalue weighted by atomic mass is 10.3. The van der Waals surface area contributed by atoms with E-state index in [-0.39, 0.29) is 0 Å². The maximum atomic E-state index is 10.7. The van der Waals surface area contributed by atoms with Crippen LogP contribution in [0.4, 0.5) is 0 Å². The highest BCUT2D eigenvalue weighted by Crippen LogP contribution is 1.80.